The summed E-state index contributed by atoms with van der Waals surface area (Å²) in [7, 11) is 0. The lowest BCUT2D eigenvalue weighted by Crippen LogP contribution is -2.31. The Hall–Kier alpha value is -4.22. The molecular weight excluding hydrogens is 530 g/mol. The Balaban J connectivity index is 1.41. The molecule has 222 valence electrons. The number of allylic oxidation sites excluding steroid dienone is 5. The van der Waals surface area contributed by atoms with Gasteiger partial charge in [-0.3, -0.25) is 4.99 Å². The van der Waals surface area contributed by atoms with E-state index in [2.05, 4.69) is 72.7 Å². The Morgan fingerprint density at radius 2 is 1.86 bits per heavy atom. The molecular formula is C38H43N3O2. The predicted molar refractivity (Wildman–Crippen MR) is 178 cm³/mol. The fourth-order valence-corrected chi connectivity index (χ4v) is 5.84. The summed E-state index contributed by atoms with van der Waals surface area (Å²) in [5.74, 6) is 0.287. The van der Waals surface area contributed by atoms with E-state index >= 15 is 0 Å². The third-order valence-electron chi connectivity index (χ3n) is 8.14. The third kappa shape index (κ3) is 7.99. The predicted octanol–water partition coefficient (Wildman–Crippen LogP) is 6.60. The number of aromatic nitrogens is 2. The van der Waals surface area contributed by atoms with Gasteiger partial charge >= 0.3 is 0 Å². The average Bonchev–Trinajstić information content (AvgIpc) is 3.36. The maximum absolute atomic E-state index is 9.50. The molecule has 0 spiro atoms. The second-order valence-corrected chi connectivity index (χ2v) is 11.5. The number of phenols is 1. The zero-order chi connectivity index (χ0) is 30.0. The monoisotopic (exact) mass is 573 g/mol. The van der Waals surface area contributed by atoms with E-state index in [0.717, 1.165) is 84.6 Å². The van der Waals surface area contributed by atoms with Crippen molar-refractivity contribution in [3.63, 3.8) is 0 Å². The molecule has 5 rings (SSSR count). The molecule has 0 saturated carbocycles. The summed E-state index contributed by atoms with van der Waals surface area (Å²) >= 11 is 0. The van der Waals surface area contributed by atoms with Crippen molar-refractivity contribution in [2.75, 3.05) is 6.61 Å². The molecule has 0 amide bonds. The van der Waals surface area contributed by atoms with Crippen LogP contribution in [0.25, 0.3) is 17.8 Å². The van der Waals surface area contributed by atoms with Crippen LogP contribution in [0.2, 0.25) is 0 Å². The van der Waals surface area contributed by atoms with Gasteiger partial charge in [0.15, 0.2) is 0 Å². The number of aryl methyl sites for hydroxylation is 2. The van der Waals surface area contributed by atoms with Crippen molar-refractivity contribution >= 4 is 23.6 Å². The molecule has 5 heteroatoms. The lowest BCUT2D eigenvalue weighted by molar-refractivity contribution is 0.279. The highest BCUT2D eigenvalue weighted by Gasteiger charge is 2.17. The number of unbranched alkanes of at least 4 members (excludes halogenated alkanes) is 1. The summed E-state index contributed by atoms with van der Waals surface area (Å²) in [5.41, 5.74) is 9.51. The fourth-order valence-electron chi connectivity index (χ4n) is 5.84. The molecule has 2 N–H and O–H groups in total. The summed E-state index contributed by atoms with van der Waals surface area (Å²) in [6.07, 6.45) is 21.4. The van der Waals surface area contributed by atoms with Crippen molar-refractivity contribution < 1.29 is 10.2 Å². The van der Waals surface area contributed by atoms with Gasteiger partial charge in [0.1, 0.15) is 11.1 Å². The molecule has 0 fully saturated rings. The molecule has 2 aromatic carbocycles. The summed E-state index contributed by atoms with van der Waals surface area (Å²) < 4.78 is 2.12. The molecule has 2 aliphatic rings. The smallest absolute Gasteiger partial charge is 0.115 e. The number of hydrogen-bond acceptors (Lipinski definition) is 4. The first-order valence-corrected chi connectivity index (χ1v) is 15.6. The van der Waals surface area contributed by atoms with E-state index in [-0.39, 0.29) is 12.4 Å². The van der Waals surface area contributed by atoms with Crippen molar-refractivity contribution in [1.82, 2.24) is 9.55 Å². The molecule has 1 aliphatic heterocycles. The lowest BCUT2D eigenvalue weighted by Gasteiger charge is -2.18. The fraction of sp³-hybridized carbons (Fsp3) is 0.316. The van der Waals surface area contributed by atoms with E-state index in [1.165, 1.54) is 22.3 Å². The summed E-state index contributed by atoms with van der Waals surface area (Å²) in [4.78, 5) is 10.1. The highest BCUT2D eigenvalue weighted by Crippen LogP contribution is 2.27. The number of fused-ring (bicyclic) bond motifs is 2. The number of phenolic OH excluding ortho intramolecular Hbond substituents is 1. The van der Waals surface area contributed by atoms with Gasteiger partial charge in [0, 0.05) is 19.6 Å². The molecule has 1 aliphatic carbocycles. The standard InChI is InChI=1S/C38H43N3O2/c1-3-10-30(12-6-4-5-11-29-16-19-34(43)20-17-29)25-35-28(2)23-37-38(39-27-41(37)21-9-22-42)36(40-35)26-31-15-18-32-13-7-8-14-33(32)24-31/h5,7-8,11-14,16-17,19-20,23,26-27,42-43H,2-4,6,9-10,15,18,21-22,24-25H2,1H3/b11-5+,30-12+,31-26+. The van der Waals surface area contributed by atoms with E-state index in [1.54, 1.807) is 12.1 Å². The second-order valence-electron chi connectivity index (χ2n) is 11.5. The maximum Gasteiger partial charge on any atom is 0.115 e. The van der Waals surface area contributed by atoms with Crippen molar-refractivity contribution in [2.24, 2.45) is 4.99 Å². The summed E-state index contributed by atoms with van der Waals surface area (Å²) in [5, 5.41) is 20.9. The number of benzene rings is 2. The number of aliphatic imine (C=N–C) groups is 1. The summed E-state index contributed by atoms with van der Waals surface area (Å²) in [6.45, 7) is 7.53. The minimum absolute atomic E-state index is 0.144. The highest BCUT2D eigenvalue weighted by atomic mass is 16.3. The van der Waals surface area contributed by atoms with Crippen LogP contribution in [0.15, 0.2) is 101 Å². The average molecular weight is 574 g/mol. The van der Waals surface area contributed by atoms with Crippen LogP contribution in [0.4, 0.5) is 0 Å². The van der Waals surface area contributed by atoms with Crippen LogP contribution >= 0.6 is 0 Å². The largest absolute Gasteiger partial charge is 0.508 e. The van der Waals surface area contributed by atoms with Crippen LogP contribution in [-0.2, 0) is 19.4 Å². The number of aliphatic hydroxyl groups excluding tert-OH is 1. The molecule has 0 saturated heterocycles. The molecule has 5 nitrogen and oxygen atoms in total. The molecule has 3 aromatic rings. The minimum atomic E-state index is 0.144. The van der Waals surface area contributed by atoms with Gasteiger partial charge in [0.05, 0.1) is 23.1 Å². The van der Waals surface area contributed by atoms with E-state index in [0.29, 0.717) is 13.0 Å². The van der Waals surface area contributed by atoms with Crippen LogP contribution in [0.3, 0.4) is 0 Å². The Morgan fingerprint density at radius 1 is 1.05 bits per heavy atom. The molecule has 43 heavy (non-hydrogen) atoms. The number of rotatable bonds is 12. The van der Waals surface area contributed by atoms with Crippen LogP contribution in [-0.4, -0.2) is 32.1 Å². The molecule has 0 bridgehead atoms. The van der Waals surface area contributed by atoms with Crippen LogP contribution in [0, 0.1) is 0 Å². The lowest BCUT2D eigenvalue weighted by atomic mass is 9.87. The van der Waals surface area contributed by atoms with Gasteiger partial charge in [-0.2, -0.15) is 0 Å². The highest BCUT2D eigenvalue weighted by molar-refractivity contribution is 6.09. The molecule has 1 aromatic heterocycles. The number of nitrogens with zero attached hydrogens (tertiary/aromatic N) is 3. The molecule has 0 atom stereocenters. The van der Waals surface area contributed by atoms with Gasteiger partial charge in [0.25, 0.3) is 0 Å². The van der Waals surface area contributed by atoms with E-state index in [4.69, 9.17) is 9.98 Å². The van der Waals surface area contributed by atoms with Crippen molar-refractivity contribution in [1.29, 1.82) is 0 Å². The number of hydrogen-bond donors (Lipinski definition) is 2. The first kappa shape index (κ1) is 30.2. The molecule has 0 radical (unpaired) electrons. The van der Waals surface area contributed by atoms with Gasteiger partial charge in [0.2, 0.25) is 0 Å². The van der Waals surface area contributed by atoms with Crippen molar-refractivity contribution in [2.45, 2.75) is 71.3 Å². The van der Waals surface area contributed by atoms with E-state index < -0.39 is 0 Å². The topological polar surface area (TPSA) is 70.6 Å². The zero-order valence-corrected chi connectivity index (χ0v) is 25.3. The van der Waals surface area contributed by atoms with E-state index in [1.807, 2.05) is 18.5 Å². The van der Waals surface area contributed by atoms with Gasteiger partial charge < -0.3 is 14.8 Å². The Morgan fingerprint density at radius 3 is 2.65 bits per heavy atom. The first-order chi connectivity index (χ1) is 21.0. The Bertz CT molecular complexity index is 1680. The maximum atomic E-state index is 9.50. The van der Waals surface area contributed by atoms with Crippen LogP contribution < -0.4 is 10.7 Å². The Kier molecular flexibility index (Phi) is 10.4. The Labute approximate surface area is 255 Å². The normalized spacial score (nSPS) is 16.2. The molecule has 2 heterocycles. The van der Waals surface area contributed by atoms with Gasteiger partial charge in [-0.15, -0.1) is 0 Å². The number of aromatic hydroxyl groups is 1. The SMILES string of the molecule is C=C1C=c2c(ncn2CCCO)=C(/C=C2\CCc3ccccc3C2)N=C1C/C(=C/CC/C=C/c1ccc(O)cc1)CCC. The first-order valence-electron chi connectivity index (χ1n) is 15.6. The quantitative estimate of drug-likeness (QED) is 0.190. The van der Waals surface area contributed by atoms with E-state index in [9.17, 15) is 10.2 Å². The van der Waals surface area contributed by atoms with Crippen molar-refractivity contribution in [3.8, 4) is 5.75 Å². The van der Waals surface area contributed by atoms with Crippen molar-refractivity contribution in [3.05, 3.63) is 124 Å². The van der Waals surface area contributed by atoms with Gasteiger partial charge in [-0.05, 0) is 91.5 Å². The minimum Gasteiger partial charge on any atom is -0.508 e. The zero-order valence-electron chi connectivity index (χ0n) is 25.3. The second kappa shape index (κ2) is 14.8. The van der Waals surface area contributed by atoms with Crippen LogP contribution in [0.1, 0.15) is 68.6 Å². The third-order valence-corrected chi connectivity index (χ3v) is 8.14. The van der Waals surface area contributed by atoms with Crippen LogP contribution in [0.5, 0.6) is 5.75 Å². The van der Waals surface area contributed by atoms with Gasteiger partial charge in [-0.25, -0.2) is 4.98 Å². The summed E-state index contributed by atoms with van der Waals surface area (Å²) in [6, 6.07) is 16.0. The number of aliphatic hydroxyl groups is 1. The van der Waals surface area contributed by atoms with Gasteiger partial charge in [-0.1, -0.05) is 85.7 Å². The number of imidazole rings is 1. The molecule has 0 unspecified atom stereocenters.